The smallest absolute Gasteiger partial charge is 0.240 e. The summed E-state index contributed by atoms with van der Waals surface area (Å²) >= 11 is 0. The highest BCUT2D eigenvalue weighted by atomic mass is 32.2. The quantitative estimate of drug-likeness (QED) is 0.840. The maximum absolute atomic E-state index is 12.5. The van der Waals surface area contributed by atoms with Crippen LogP contribution in [0.1, 0.15) is 37.7 Å². The van der Waals surface area contributed by atoms with Crippen LogP contribution in [-0.4, -0.2) is 33.8 Å². The first-order valence-corrected chi connectivity index (χ1v) is 9.16. The van der Waals surface area contributed by atoms with Crippen molar-refractivity contribution in [2.45, 2.75) is 43.9 Å². The molecule has 2 rings (SSSR count). The van der Waals surface area contributed by atoms with Crippen molar-refractivity contribution < 1.29 is 18.3 Å². The van der Waals surface area contributed by atoms with Crippen LogP contribution in [0.4, 0.5) is 0 Å². The highest BCUT2D eigenvalue weighted by Crippen LogP contribution is 2.35. The molecule has 1 saturated carbocycles. The van der Waals surface area contributed by atoms with Gasteiger partial charge in [-0.1, -0.05) is 19.3 Å². The van der Waals surface area contributed by atoms with E-state index < -0.39 is 10.0 Å². The van der Waals surface area contributed by atoms with Crippen molar-refractivity contribution >= 4 is 10.0 Å². The number of aliphatic hydroxyl groups excluding tert-OH is 1. The number of methoxy groups -OCH3 is 1. The molecule has 0 spiro atoms. The lowest BCUT2D eigenvalue weighted by atomic mass is 9.75. The van der Waals surface area contributed by atoms with Crippen molar-refractivity contribution in [1.29, 1.82) is 0 Å². The third kappa shape index (κ3) is 3.80. The van der Waals surface area contributed by atoms with E-state index in [1.807, 2.05) is 6.92 Å². The fourth-order valence-corrected chi connectivity index (χ4v) is 4.28. The summed E-state index contributed by atoms with van der Waals surface area (Å²) < 4.78 is 32.7. The molecule has 0 unspecified atom stereocenters. The molecule has 22 heavy (non-hydrogen) atoms. The van der Waals surface area contributed by atoms with Crippen molar-refractivity contribution in [3.05, 3.63) is 23.8 Å². The van der Waals surface area contributed by atoms with Gasteiger partial charge in [0.1, 0.15) is 5.75 Å². The summed E-state index contributed by atoms with van der Waals surface area (Å²) in [6.45, 7) is 2.13. The molecule has 1 fully saturated rings. The zero-order valence-electron chi connectivity index (χ0n) is 13.3. The van der Waals surface area contributed by atoms with Gasteiger partial charge in [0.25, 0.3) is 0 Å². The maximum atomic E-state index is 12.5. The van der Waals surface area contributed by atoms with Crippen LogP contribution in [-0.2, 0) is 10.0 Å². The highest BCUT2D eigenvalue weighted by Gasteiger charge is 2.32. The van der Waals surface area contributed by atoms with Gasteiger partial charge in [0.2, 0.25) is 10.0 Å². The van der Waals surface area contributed by atoms with Gasteiger partial charge in [-0.25, -0.2) is 13.1 Å². The van der Waals surface area contributed by atoms with E-state index in [4.69, 9.17) is 4.74 Å². The Balaban J connectivity index is 2.12. The topological polar surface area (TPSA) is 75.6 Å². The van der Waals surface area contributed by atoms with Gasteiger partial charge in [0.15, 0.2) is 0 Å². The standard InChI is InChI=1S/C16H25NO4S/c1-13-10-14(6-7-15(13)21-2)22(19,20)17-11-16(12-18)8-4-3-5-9-16/h6-7,10,17-18H,3-5,8-9,11-12H2,1-2H3. The number of aliphatic hydroxyl groups is 1. The van der Waals surface area contributed by atoms with Gasteiger partial charge in [-0.15, -0.1) is 0 Å². The van der Waals surface area contributed by atoms with Crippen molar-refractivity contribution in [2.24, 2.45) is 5.41 Å². The van der Waals surface area contributed by atoms with Crippen LogP contribution in [0, 0.1) is 12.3 Å². The molecule has 0 atom stereocenters. The molecular weight excluding hydrogens is 302 g/mol. The number of nitrogens with one attached hydrogen (secondary N) is 1. The van der Waals surface area contributed by atoms with Crippen LogP contribution >= 0.6 is 0 Å². The van der Waals surface area contributed by atoms with E-state index in [-0.39, 0.29) is 23.5 Å². The predicted octanol–water partition coefficient (Wildman–Crippen LogP) is 2.22. The summed E-state index contributed by atoms with van der Waals surface area (Å²) in [4.78, 5) is 0.231. The molecule has 1 aromatic carbocycles. The van der Waals surface area contributed by atoms with Crippen LogP contribution in [0.3, 0.4) is 0 Å². The first-order valence-electron chi connectivity index (χ1n) is 7.68. The normalized spacial score (nSPS) is 18.1. The van der Waals surface area contributed by atoms with E-state index in [1.54, 1.807) is 25.3 Å². The molecule has 124 valence electrons. The van der Waals surface area contributed by atoms with E-state index in [1.165, 1.54) is 0 Å². The van der Waals surface area contributed by atoms with Gasteiger partial charge in [0, 0.05) is 18.6 Å². The summed E-state index contributed by atoms with van der Waals surface area (Å²) in [5.74, 6) is 0.665. The summed E-state index contributed by atoms with van der Waals surface area (Å²) in [6.07, 6.45) is 4.99. The molecule has 0 saturated heterocycles. The lowest BCUT2D eigenvalue weighted by Crippen LogP contribution is -2.41. The van der Waals surface area contributed by atoms with Crippen LogP contribution in [0.25, 0.3) is 0 Å². The number of hydrogen-bond donors (Lipinski definition) is 2. The second-order valence-corrected chi connectivity index (χ2v) is 7.94. The summed E-state index contributed by atoms with van der Waals surface area (Å²) in [5, 5.41) is 9.67. The average molecular weight is 327 g/mol. The van der Waals surface area contributed by atoms with Crippen LogP contribution < -0.4 is 9.46 Å². The Bertz CT molecular complexity index is 607. The number of aryl methyl sites for hydroxylation is 1. The fraction of sp³-hybridized carbons (Fsp3) is 0.625. The lowest BCUT2D eigenvalue weighted by Gasteiger charge is -2.35. The van der Waals surface area contributed by atoms with Crippen LogP contribution in [0.15, 0.2) is 23.1 Å². The molecule has 0 radical (unpaired) electrons. The van der Waals surface area contributed by atoms with Gasteiger partial charge in [0.05, 0.1) is 12.0 Å². The SMILES string of the molecule is COc1ccc(S(=O)(=O)NCC2(CO)CCCCC2)cc1C. The van der Waals surface area contributed by atoms with E-state index in [9.17, 15) is 13.5 Å². The minimum absolute atomic E-state index is 0.0250. The zero-order valence-corrected chi connectivity index (χ0v) is 14.1. The predicted molar refractivity (Wildman–Crippen MR) is 85.5 cm³/mol. The Morgan fingerprint density at radius 2 is 1.95 bits per heavy atom. The molecule has 0 heterocycles. The minimum Gasteiger partial charge on any atom is -0.496 e. The molecule has 0 amide bonds. The Morgan fingerprint density at radius 3 is 2.50 bits per heavy atom. The molecule has 6 heteroatoms. The highest BCUT2D eigenvalue weighted by molar-refractivity contribution is 7.89. The van der Waals surface area contributed by atoms with Crippen LogP contribution in [0.5, 0.6) is 5.75 Å². The van der Waals surface area contributed by atoms with Gasteiger partial charge in [-0.3, -0.25) is 0 Å². The molecule has 2 N–H and O–H groups in total. The van der Waals surface area contributed by atoms with Crippen molar-refractivity contribution in [1.82, 2.24) is 4.72 Å². The monoisotopic (exact) mass is 327 g/mol. The lowest BCUT2D eigenvalue weighted by molar-refractivity contribution is 0.0867. The Kier molecular flexibility index (Phi) is 5.47. The molecular formula is C16H25NO4S. The first kappa shape index (κ1) is 17.2. The number of benzene rings is 1. The third-order valence-corrected chi connectivity index (χ3v) is 5.96. The van der Waals surface area contributed by atoms with E-state index in [0.29, 0.717) is 5.75 Å². The maximum Gasteiger partial charge on any atom is 0.240 e. The van der Waals surface area contributed by atoms with Gasteiger partial charge in [-0.2, -0.15) is 0 Å². The molecule has 1 aliphatic carbocycles. The summed E-state index contributed by atoms with van der Waals surface area (Å²) in [6, 6.07) is 4.81. The molecule has 0 aliphatic heterocycles. The van der Waals surface area contributed by atoms with E-state index >= 15 is 0 Å². The Labute approximate surface area is 132 Å². The Hall–Kier alpha value is -1.11. The van der Waals surface area contributed by atoms with Crippen molar-refractivity contribution in [3.63, 3.8) is 0 Å². The zero-order chi connectivity index (χ0) is 16.2. The van der Waals surface area contributed by atoms with Crippen molar-refractivity contribution in [3.8, 4) is 5.75 Å². The second kappa shape index (κ2) is 6.98. The average Bonchev–Trinajstić information content (AvgIpc) is 2.54. The molecule has 0 aromatic heterocycles. The molecule has 0 bridgehead atoms. The van der Waals surface area contributed by atoms with Gasteiger partial charge >= 0.3 is 0 Å². The number of ether oxygens (including phenoxy) is 1. The minimum atomic E-state index is -3.57. The largest absolute Gasteiger partial charge is 0.496 e. The Morgan fingerprint density at radius 1 is 1.27 bits per heavy atom. The summed E-state index contributed by atoms with van der Waals surface area (Å²) in [5.41, 5.74) is 0.465. The van der Waals surface area contributed by atoms with Gasteiger partial charge < -0.3 is 9.84 Å². The van der Waals surface area contributed by atoms with E-state index in [0.717, 1.165) is 37.7 Å². The first-order chi connectivity index (χ1) is 10.4. The number of hydrogen-bond acceptors (Lipinski definition) is 4. The third-order valence-electron chi connectivity index (χ3n) is 4.56. The van der Waals surface area contributed by atoms with Gasteiger partial charge in [-0.05, 0) is 43.5 Å². The molecule has 5 nitrogen and oxygen atoms in total. The van der Waals surface area contributed by atoms with Crippen molar-refractivity contribution in [2.75, 3.05) is 20.3 Å². The second-order valence-electron chi connectivity index (χ2n) is 6.17. The number of sulfonamides is 1. The fourth-order valence-electron chi connectivity index (χ4n) is 3.04. The summed E-state index contributed by atoms with van der Waals surface area (Å²) in [7, 11) is -2.01. The van der Waals surface area contributed by atoms with E-state index in [2.05, 4.69) is 4.72 Å². The number of rotatable bonds is 6. The molecule has 1 aromatic rings. The van der Waals surface area contributed by atoms with Crippen LogP contribution in [0.2, 0.25) is 0 Å². The molecule has 1 aliphatic rings.